The molecule has 0 bridgehead atoms. The van der Waals surface area contributed by atoms with Gasteiger partial charge >= 0.3 is 0 Å². The average Bonchev–Trinajstić information content (AvgIpc) is 3.09. The summed E-state index contributed by atoms with van der Waals surface area (Å²) >= 11 is 0. The van der Waals surface area contributed by atoms with E-state index < -0.39 is 0 Å². The summed E-state index contributed by atoms with van der Waals surface area (Å²) in [6, 6.07) is 12.8. The number of likely N-dealkylation sites (tertiary alicyclic amines) is 1. The van der Waals surface area contributed by atoms with Crippen molar-refractivity contribution in [2.75, 3.05) is 13.1 Å². The molecule has 1 fully saturated rings. The highest BCUT2D eigenvalue weighted by atomic mass is 16.5. The van der Waals surface area contributed by atoms with Crippen molar-refractivity contribution in [3.8, 4) is 11.6 Å². The highest BCUT2D eigenvalue weighted by Gasteiger charge is 2.33. The Bertz CT molecular complexity index is 829. The topological polar surface area (TPSA) is 73.1 Å². The number of nitrogens with zero attached hydrogens (tertiary/aromatic N) is 5. The van der Waals surface area contributed by atoms with Crippen LogP contribution in [-0.2, 0) is 0 Å². The lowest BCUT2D eigenvalue weighted by Crippen LogP contribution is -2.50. The van der Waals surface area contributed by atoms with E-state index in [9.17, 15) is 4.79 Å². The lowest BCUT2D eigenvalue weighted by atomic mass is 10.1. The van der Waals surface area contributed by atoms with E-state index in [4.69, 9.17) is 4.74 Å². The summed E-state index contributed by atoms with van der Waals surface area (Å²) in [4.78, 5) is 18.5. The molecule has 24 heavy (non-hydrogen) atoms. The first kappa shape index (κ1) is 14.4. The van der Waals surface area contributed by atoms with Crippen molar-refractivity contribution in [2.24, 2.45) is 0 Å². The molecule has 7 nitrogen and oxygen atoms in total. The van der Waals surface area contributed by atoms with Crippen molar-refractivity contribution in [2.45, 2.75) is 6.04 Å². The number of ether oxygens (including phenoxy) is 1. The minimum Gasteiger partial charge on any atom is -0.439 e. The maximum atomic E-state index is 12.6. The van der Waals surface area contributed by atoms with Crippen molar-refractivity contribution in [3.05, 3.63) is 66.6 Å². The number of hydrogen-bond acceptors (Lipinski definition) is 5. The SMILES string of the molecule is O=C(c1cccc(Oc2ccccn2)c1)N1CC(n2ccnn2)C1. The Morgan fingerprint density at radius 2 is 2.04 bits per heavy atom. The molecule has 1 aliphatic heterocycles. The van der Waals surface area contributed by atoms with Crippen LogP contribution in [0, 0.1) is 0 Å². The zero-order valence-corrected chi connectivity index (χ0v) is 12.8. The maximum Gasteiger partial charge on any atom is 0.254 e. The Hall–Kier alpha value is -3.22. The van der Waals surface area contributed by atoms with Gasteiger partial charge in [0.15, 0.2) is 0 Å². The number of rotatable bonds is 4. The molecule has 1 amide bonds. The Kier molecular flexibility index (Phi) is 3.66. The molecule has 0 radical (unpaired) electrons. The van der Waals surface area contributed by atoms with Gasteiger partial charge in [-0.25, -0.2) is 9.67 Å². The highest BCUT2D eigenvalue weighted by molar-refractivity contribution is 5.95. The Morgan fingerprint density at radius 1 is 1.12 bits per heavy atom. The Morgan fingerprint density at radius 3 is 2.79 bits per heavy atom. The normalized spacial score (nSPS) is 14.2. The van der Waals surface area contributed by atoms with Crippen LogP contribution in [0.4, 0.5) is 0 Å². The molecule has 3 heterocycles. The van der Waals surface area contributed by atoms with Crippen LogP contribution in [0.3, 0.4) is 0 Å². The van der Waals surface area contributed by atoms with Gasteiger partial charge in [-0.05, 0) is 24.3 Å². The Balaban J connectivity index is 1.43. The average molecular weight is 321 g/mol. The predicted molar refractivity (Wildman–Crippen MR) is 85.7 cm³/mol. The standard InChI is InChI=1S/C17H15N5O2/c23-17(21-11-14(12-21)22-9-8-19-20-22)13-4-3-5-15(10-13)24-16-6-1-2-7-18-16/h1-10,14H,11-12H2. The first-order chi connectivity index (χ1) is 11.8. The van der Waals surface area contributed by atoms with E-state index in [0.29, 0.717) is 30.3 Å². The van der Waals surface area contributed by atoms with Crippen molar-refractivity contribution < 1.29 is 9.53 Å². The summed E-state index contributed by atoms with van der Waals surface area (Å²) in [5.41, 5.74) is 0.598. The number of pyridine rings is 1. The fourth-order valence-corrected chi connectivity index (χ4v) is 2.60. The molecule has 1 saturated heterocycles. The molecule has 0 N–H and O–H groups in total. The number of aromatic nitrogens is 4. The van der Waals surface area contributed by atoms with Gasteiger partial charge in [0.25, 0.3) is 5.91 Å². The lowest BCUT2D eigenvalue weighted by Gasteiger charge is -2.38. The number of hydrogen-bond donors (Lipinski definition) is 0. The molecular weight excluding hydrogens is 306 g/mol. The van der Waals surface area contributed by atoms with Crippen molar-refractivity contribution in [1.29, 1.82) is 0 Å². The van der Waals surface area contributed by atoms with Gasteiger partial charge < -0.3 is 9.64 Å². The number of carbonyl (C=O) groups is 1. The van der Waals surface area contributed by atoms with Gasteiger partial charge in [0.2, 0.25) is 5.88 Å². The molecule has 0 spiro atoms. The van der Waals surface area contributed by atoms with E-state index in [2.05, 4.69) is 15.3 Å². The summed E-state index contributed by atoms with van der Waals surface area (Å²) in [6.07, 6.45) is 5.12. The van der Waals surface area contributed by atoms with Crippen LogP contribution in [0.25, 0.3) is 0 Å². The van der Waals surface area contributed by atoms with E-state index in [1.54, 1.807) is 52.3 Å². The fourth-order valence-electron chi connectivity index (χ4n) is 2.60. The molecular formula is C17H15N5O2. The van der Waals surface area contributed by atoms with Gasteiger partial charge in [0.05, 0.1) is 12.2 Å². The van der Waals surface area contributed by atoms with Gasteiger partial charge in [-0.15, -0.1) is 5.10 Å². The third-order valence-electron chi connectivity index (χ3n) is 3.91. The van der Waals surface area contributed by atoms with Crippen LogP contribution in [0.15, 0.2) is 61.1 Å². The van der Waals surface area contributed by atoms with Gasteiger partial charge in [-0.1, -0.05) is 17.3 Å². The van der Waals surface area contributed by atoms with Crippen LogP contribution < -0.4 is 4.74 Å². The fraction of sp³-hybridized carbons (Fsp3) is 0.176. The van der Waals surface area contributed by atoms with Crippen molar-refractivity contribution in [1.82, 2.24) is 24.9 Å². The van der Waals surface area contributed by atoms with E-state index in [0.717, 1.165) is 0 Å². The molecule has 0 aliphatic carbocycles. The molecule has 3 aromatic rings. The molecule has 1 aromatic carbocycles. The molecule has 4 rings (SSSR count). The molecule has 0 unspecified atom stereocenters. The van der Waals surface area contributed by atoms with E-state index in [1.165, 1.54) is 0 Å². The van der Waals surface area contributed by atoms with Gasteiger partial charge in [0.1, 0.15) is 5.75 Å². The van der Waals surface area contributed by atoms with Gasteiger partial charge in [0, 0.05) is 37.1 Å². The second kappa shape index (κ2) is 6.11. The zero-order chi connectivity index (χ0) is 16.4. The smallest absolute Gasteiger partial charge is 0.254 e. The molecule has 0 saturated carbocycles. The van der Waals surface area contributed by atoms with Crippen LogP contribution in [0.1, 0.15) is 16.4 Å². The van der Waals surface area contributed by atoms with E-state index in [1.807, 2.05) is 18.3 Å². The molecule has 2 aromatic heterocycles. The van der Waals surface area contributed by atoms with Gasteiger partial charge in [-0.2, -0.15) is 0 Å². The van der Waals surface area contributed by atoms with Crippen LogP contribution >= 0.6 is 0 Å². The third-order valence-corrected chi connectivity index (χ3v) is 3.91. The summed E-state index contributed by atoms with van der Waals surface area (Å²) in [6.45, 7) is 1.26. The lowest BCUT2D eigenvalue weighted by molar-refractivity contribution is 0.0498. The molecule has 0 atom stereocenters. The number of carbonyl (C=O) groups excluding carboxylic acids is 1. The van der Waals surface area contributed by atoms with Crippen LogP contribution in [-0.4, -0.2) is 43.9 Å². The summed E-state index contributed by atoms with van der Waals surface area (Å²) in [5.74, 6) is 1.07. The minimum absolute atomic E-state index is 0.0159. The number of benzene rings is 1. The third kappa shape index (κ3) is 2.83. The van der Waals surface area contributed by atoms with Crippen LogP contribution in [0.2, 0.25) is 0 Å². The number of amides is 1. The van der Waals surface area contributed by atoms with E-state index >= 15 is 0 Å². The van der Waals surface area contributed by atoms with Crippen molar-refractivity contribution >= 4 is 5.91 Å². The van der Waals surface area contributed by atoms with E-state index in [-0.39, 0.29) is 11.9 Å². The second-order valence-electron chi connectivity index (χ2n) is 5.54. The second-order valence-corrected chi connectivity index (χ2v) is 5.54. The van der Waals surface area contributed by atoms with Crippen molar-refractivity contribution in [3.63, 3.8) is 0 Å². The Labute approximate surface area is 138 Å². The summed E-state index contributed by atoms with van der Waals surface area (Å²) < 4.78 is 7.46. The summed E-state index contributed by atoms with van der Waals surface area (Å²) in [5, 5.41) is 7.76. The first-order valence-corrected chi connectivity index (χ1v) is 7.63. The quantitative estimate of drug-likeness (QED) is 0.736. The first-order valence-electron chi connectivity index (χ1n) is 7.63. The highest BCUT2D eigenvalue weighted by Crippen LogP contribution is 2.25. The predicted octanol–water partition coefficient (Wildman–Crippen LogP) is 2.16. The molecule has 1 aliphatic rings. The maximum absolute atomic E-state index is 12.6. The summed E-state index contributed by atoms with van der Waals surface area (Å²) in [7, 11) is 0. The minimum atomic E-state index is -0.0159. The monoisotopic (exact) mass is 321 g/mol. The largest absolute Gasteiger partial charge is 0.439 e. The van der Waals surface area contributed by atoms with Crippen LogP contribution in [0.5, 0.6) is 11.6 Å². The molecule has 120 valence electrons. The van der Waals surface area contributed by atoms with Gasteiger partial charge in [-0.3, -0.25) is 4.79 Å². The zero-order valence-electron chi connectivity index (χ0n) is 12.8. The molecule has 7 heteroatoms.